The standard InChI is InChI=1S/C10H9NO4/c12-7-3-1-2-6(4-7)9-11-8(5-15-9)10(13)14/h1-4,8,12H,5H2,(H,13,14). The molecule has 1 atom stereocenters. The Morgan fingerprint density at radius 1 is 1.53 bits per heavy atom. The van der Waals surface area contributed by atoms with E-state index in [1.165, 1.54) is 12.1 Å². The molecule has 0 saturated heterocycles. The average Bonchev–Trinajstić information content (AvgIpc) is 2.66. The number of carboxylic acids is 1. The summed E-state index contributed by atoms with van der Waals surface area (Å²) < 4.78 is 5.13. The molecule has 0 spiro atoms. The summed E-state index contributed by atoms with van der Waals surface area (Å²) in [4.78, 5) is 14.5. The van der Waals surface area contributed by atoms with E-state index < -0.39 is 12.0 Å². The first-order valence-corrected chi connectivity index (χ1v) is 4.39. The van der Waals surface area contributed by atoms with Crippen molar-refractivity contribution in [2.45, 2.75) is 6.04 Å². The first kappa shape index (κ1) is 9.51. The molecular formula is C10H9NO4. The third-order valence-corrected chi connectivity index (χ3v) is 2.03. The number of hydrogen-bond acceptors (Lipinski definition) is 4. The highest BCUT2D eigenvalue weighted by molar-refractivity contribution is 5.97. The lowest BCUT2D eigenvalue weighted by Crippen LogP contribution is -2.18. The Morgan fingerprint density at radius 3 is 2.93 bits per heavy atom. The van der Waals surface area contributed by atoms with Gasteiger partial charge in [-0.25, -0.2) is 9.79 Å². The highest BCUT2D eigenvalue weighted by Gasteiger charge is 2.25. The molecule has 1 aliphatic rings. The van der Waals surface area contributed by atoms with E-state index in [0.717, 1.165) is 0 Å². The van der Waals surface area contributed by atoms with Gasteiger partial charge in [0.2, 0.25) is 5.90 Å². The Balaban J connectivity index is 2.26. The fraction of sp³-hybridized carbons (Fsp3) is 0.200. The van der Waals surface area contributed by atoms with Crippen molar-refractivity contribution in [1.82, 2.24) is 0 Å². The molecule has 1 heterocycles. The van der Waals surface area contributed by atoms with Gasteiger partial charge in [0, 0.05) is 5.56 Å². The van der Waals surface area contributed by atoms with Crippen LogP contribution in [0.15, 0.2) is 29.3 Å². The molecule has 1 unspecified atom stereocenters. The van der Waals surface area contributed by atoms with Gasteiger partial charge in [0.05, 0.1) is 0 Å². The summed E-state index contributed by atoms with van der Waals surface area (Å²) >= 11 is 0. The molecule has 0 amide bonds. The van der Waals surface area contributed by atoms with E-state index in [1.54, 1.807) is 12.1 Å². The number of nitrogens with zero attached hydrogens (tertiary/aromatic N) is 1. The minimum atomic E-state index is -1.01. The zero-order valence-electron chi connectivity index (χ0n) is 7.75. The summed E-state index contributed by atoms with van der Waals surface area (Å²) in [7, 11) is 0. The molecule has 1 aromatic carbocycles. The van der Waals surface area contributed by atoms with Crippen LogP contribution in [0.3, 0.4) is 0 Å². The quantitative estimate of drug-likeness (QED) is 0.745. The SMILES string of the molecule is O=C(O)C1COC(c2cccc(O)c2)=N1. The van der Waals surface area contributed by atoms with Gasteiger partial charge in [-0.2, -0.15) is 0 Å². The number of benzene rings is 1. The molecule has 0 aliphatic carbocycles. The lowest BCUT2D eigenvalue weighted by atomic mass is 10.2. The second-order valence-electron chi connectivity index (χ2n) is 3.15. The molecule has 2 N–H and O–H groups in total. The predicted octanol–water partition coefficient (Wildman–Crippen LogP) is 0.622. The maximum atomic E-state index is 10.6. The molecular weight excluding hydrogens is 198 g/mol. The van der Waals surface area contributed by atoms with Crippen LogP contribution in [0.1, 0.15) is 5.56 Å². The number of carboxylic acid groups (broad SMARTS) is 1. The van der Waals surface area contributed by atoms with Gasteiger partial charge < -0.3 is 14.9 Å². The summed E-state index contributed by atoms with van der Waals surface area (Å²) in [6, 6.07) is 5.49. The fourth-order valence-electron chi connectivity index (χ4n) is 1.30. The lowest BCUT2D eigenvalue weighted by Gasteiger charge is -2.00. The molecule has 1 aliphatic heterocycles. The molecule has 0 saturated carbocycles. The number of phenolic OH excluding ortho intramolecular Hbond substituents is 1. The van der Waals surface area contributed by atoms with Gasteiger partial charge >= 0.3 is 5.97 Å². The molecule has 78 valence electrons. The Bertz CT molecular complexity index is 427. The van der Waals surface area contributed by atoms with Gasteiger partial charge in [-0.05, 0) is 18.2 Å². The minimum absolute atomic E-state index is 0.0420. The molecule has 5 nitrogen and oxygen atoms in total. The van der Waals surface area contributed by atoms with Crippen LogP contribution in [0.25, 0.3) is 0 Å². The van der Waals surface area contributed by atoms with Gasteiger partial charge in [-0.3, -0.25) is 0 Å². The Hall–Kier alpha value is -2.04. The lowest BCUT2D eigenvalue weighted by molar-refractivity contribution is -0.138. The second-order valence-corrected chi connectivity index (χ2v) is 3.15. The van der Waals surface area contributed by atoms with Gasteiger partial charge in [-0.1, -0.05) is 6.07 Å². The molecule has 1 aromatic rings. The summed E-state index contributed by atoms with van der Waals surface area (Å²) in [6.07, 6.45) is 0. The van der Waals surface area contributed by atoms with E-state index in [0.29, 0.717) is 5.56 Å². The largest absolute Gasteiger partial charge is 0.508 e. The van der Waals surface area contributed by atoms with Crippen LogP contribution < -0.4 is 0 Å². The van der Waals surface area contributed by atoms with Crippen molar-refractivity contribution >= 4 is 11.9 Å². The van der Waals surface area contributed by atoms with Crippen LogP contribution in [0.2, 0.25) is 0 Å². The van der Waals surface area contributed by atoms with Gasteiger partial charge in [-0.15, -0.1) is 0 Å². The third kappa shape index (κ3) is 1.90. The van der Waals surface area contributed by atoms with Gasteiger partial charge in [0.15, 0.2) is 6.04 Å². The Kier molecular flexibility index (Phi) is 2.29. The topological polar surface area (TPSA) is 79.1 Å². The minimum Gasteiger partial charge on any atom is -0.508 e. The number of carbonyl (C=O) groups is 1. The zero-order valence-corrected chi connectivity index (χ0v) is 7.75. The van der Waals surface area contributed by atoms with Gasteiger partial charge in [0.25, 0.3) is 0 Å². The third-order valence-electron chi connectivity index (χ3n) is 2.03. The van der Waals surface area contributed by atoms with E-state index in [9.17, 15) is 9.90 Å². The molecule has 0 radical (unpaired) electrons. The Morgan fingerprint density at radius 2 is 2.33 bits per heavy atom. The van der Waals surface area contributed by atoms with Crippen molar-refractivity contribution < 1.29 is 19.7 Å². The Labute approximate surface area is 85.6 Å². The monoisotopic (exact) mass is 207 g/mol. The van der Waals surface area contributed by atoms with Gasteiger partial charge in [0.1, 0.15) is 12.4 Å². The number of aliphatic imine (C=N–C) groups is 1. The average molecular weight is 207 g/mol. The van der Waals surface area contributed by atoms with Crippen molar-refractivity contribution in [3.63, 3.8) is 0 Å². The number of ether oxygens (including phenoxy) is 1. The summed E-state index contributed by atoms with van der Waals surface area (Å²) in [5.74, 6) is -0.652. The maximum absolute atomic E-state index is 10.6. The van der Waals surface area contributed by atoms with E-state index in [-0.39, 0.29) is 18.3 Å². The molecule has 0 bridgehead atoms. The molecule has 0 aromatic heterocycles. The highest BCUT2D eigenvalue weighted by atomic mass is 16.5. The predicted molar refractivity (Wildman–Crippen MR) is 52.0 cm³/mol. The van der Waals surface area contributed by atoms with Crippen molar-refractivity contribution in [3.8, 4) is 5.75 Å². The van der Waals surface area contributed by atoms with Crippen LogP contribution in [0.5, 0.6) is 5.75 Å². The molecule has 0 fully saturated rings. The fourth-order valence-corrected chi connectivity index (χ4v) is 1.30. The second kappa shape index (κ2) is 3.61. The van der Waals surface area contributed by atoms with E-state index >= 15 is 0 Å². The van der Waals surface area contributed by atoms with E-state index in [2.05, 4.69) is 4.99 Å². The summed E-state index contributed by atoms with van der Waals surface area (Å²) in [5.41, 5.74) is 0.582. The van der Waals surface area contributed by atoms with Crippen LogP contribution in [0, 0.1) is 0 Å². The summed E-state index contributed by atoms with van der Waals surface area (Å²) in [5, 5.41) is 17.9. The van der Waals surface area contributed by atoms with Crippen molar-refractivity contribution in [2.75, 3.05) is 6.61 Å². The van der Waals surface area contributed by atoms with E-state index in [1.807, 2.05) is 0 Å². The van der Waals surface area contributed by atoms with Crippen LogP contribution in [0.4, 0.5) is 0 Å². The first-order valence-electron chi connectivity index (χ1n) is 4.39. The van der Waals surface area contributed by atoms with Crippen LogP contribution in [-0.2, 0) is 9.53 Å². The summed E-state index contributed by atoms with van der Waals surface area (Å²) in [6.45, 7) is 0.0420. The maximum Gasteiger partial charge on any atom is 0.332 e. The zero-order chi connectivity index (χ0) is 10.8. The van der Waals surface area contributed by atoms with Crippen molar-refractivity contribution in [2.24, 2.45) is 4.99 Å². The van der Waals surface area contributed by atoms with Crippen molar-refractivity contribution in [3.05, 3.63) is 29.8 Å². The van der Waals surface area contributed by atoms with Crippen LogP contribution in [-0.4, -0.2) is 34.7 Å². The van der Waals surface area contributed by atoms with Crippen molar-refractivity contribution in [1.29, 1.82) is 0 Å². The number of aromatic hydroxyl groups is 1. The van der Waals surface area contributed by atoms with E-state index in [4.69, 9.17) is 9.84 Å². The number of hydrogen-bond donors (Lipinski definition) is 2. The number of phenols is 1. The number of rotatable bonds is 2. The highest BCUT2D eigenvalue weighted by Crippen LogP contribution is 2.16. The molecule has 15 heavy (non-hydrogen) atoms. The molecule has 2 rings (SSSR count). The number of aliphatic carboxylic acids is 1. The molecule has 5 heteroatoms. The smallest absolute Gasteiger partial charge is 0.332 e. The van der Waals surface area contributed by atoms with Crippen LogP contribution >= 0.6 is 0 Å². The first-order chi connectivity index (χ1) is 7.16. The normalized spacial score (nSPS) is 19.5.